The number of hydrogen-bond donors (Lipinski definition) is 2. The summed E-state index contributed by atoms with van der Waals surface area (Å²) in [6.07, 6.45) is 0.959. The van der Waals surface area contributed by atoms with Gasteiger partial charge in [-0.25, -0.2) is 9.37 Å². The van der Waals surface area contributed by atoms with Crippen LogP contribution in [-0.2, 0) is 0 Å². The Balaban J connectivity index is 2.30. The quantitative estimate of drug-likeness (QED) is 0.826. The largest absolute Gasteiger partial charge is 0.383 e. The fourth-order valence-corrected chi connectivity index (χ4v) is 2.12. The van der Waals surface area contributed by atoms with Crippen molar-refractivity contribution >= 4 is 49.3 Å². The Morgan fingerprint density at radius 3 is 2.79 bits per heavy atom. The van der Waals surface area contributed by atoms with Gasteiger partial charge in [-0.2, -0.15) is 0 Å². The van der Waals surface area contributed by atoms with Crippen molar-refractivity contribution in [1.29, 1.82) is 0 Å². The van der Waals surface area contributed by atoms with Gasteiger partial charge in [0.1, 0.15) is 11.6 Å². The third-order valence-electron chi connectivity index (χ3n) is 2.31. The molecule has 1 amide bonds. The average Bonchev–Trinajstić information content (AvgIpc) is 2.36. The van der Waals surface area contributed by atoms with Crippen LogP contribution in [0.15, 0.2) is 39.4 Å². The van der Waals surface area contributed by atoms with Crippen LogP contribution in [0.4, 0.5) is 15.9 Å². The lowest BCUT2D eigenvalue weighted by molar-refractivity contribution is 0.102. The van der Waals surface area contributed by atoms with Crippen molar-refractivity contribution in [3.05, 3.63) is 50.8 Å². The summed E-state index contributed by atoms with van der Waals surface area (Å²) in [5.41, 5.74) is 6.09. The van der Waals surface area contributed by atoms with Gasteiger partial charge >= 0.3 is 0 Å². The van der Waals surface area contributed by atoms with Gasteiger partial charge in [0, 0.05) is 8.95 Å². The molecule has 0 bridgehead atoms. The fraction of sp³-hybridized carbons (Fsp3) is 0. The maximum absolute atomic E-state index is 13.1. The van der Waals surface area contributed by atoms with Gasteiger partial charge in [0.15, 0.2) is 0 Å². The molecule has 0 aliphatic carbocycles. The number of rotatable bonds is 2. The minimum absolute atomic E-state index is 0.00752. The summed E-state index contributed by atoms with van der Waals surface area (Å²) in [7, 11) is 0. The summed E-state index contributed by atoms with van der Waals surface area (Å²) in [6.45, 7) is 0. The first-order chi connectivity index (χ1) is 8.97. The zero-order valence-electron chi connectivity index (χ0n) is 9.45. The Morgan fingerprint density at radius 1 is 1.32 bits per heavy atom. The van der Waals surface area contributed by atoms with Crippen LogP contribution in [0.5, 0.6) is 0 Å². The van der Waals surface area contributed by atoms with Crippen LogP contribution in [0.2, 0.25) is 0 Å². The second-order valence-electron chi connectivity index (χ2n) is 3.66. The third kappa shape index (κ3) is 3.30. The molecule has 0 atom stereocenters. The average molecular weight is 389 g/mol. The van der Waals surface area contributed by atoms with Crippen LogP contribution in [0.25, 0.3) is 0 Å². The molecule has 0 saturated heterocycles. The van der Waals surface area contributed by atoms with Crippen molar-refractivity contribution in [2.75, 3.05) is 11.1 Å². The minimum atomic E-state index is -0.618. The Kier molecular flexibility index (Phi) is 4.16. The van der Waals surface area contributed by atoms with E-state index in [0.29, 0.717) is 10.2 Å². The number of nitrogens with one attached hydrogen (secondary N) is 1. The lowest BCUT2D eigenvalue weighted by Gasteiger charge is -2.09. The van der Waals surface area contributed by atoms with Gasteiger partial charge < -0.3 is 11.1 Å². The van der Waals surface area contributed by atoms with E-state index in [2.05, 4.69) is 42.2 Å². The predicted molar refractivity (Wildman–Crippen MR) is 78.4 cm³/mol. The van der Waals surface area contributed by atoms with Crippen LogP contribution in [0, 0.1) is 5.82 Å². The first-order valence-electron chi connectivity index (χ1n) is 5.15. The van der Waals surface area contributed by atoms with E-state index in [9.17, 15) is 9.18 Å². The molecule has 98 valence electrons. The van der Waals surface area contributed by atoms with Crippen LogP contribution in [0.3, 0.4) is 0 Å². The van der Waals surface area contributed by atoms with E-state index in [-0.39, 0.29) is 11.4 Å². The van der Waals surface area contributed by atoms with E-state index < -0.39 is 11.7 Å². The SMILES string of the molecule is Nc1ncc(F)cc1C(=O)Nc1cc(Br)ccc1Br. The van der Waals surface area contributed by atoms with Gasteiger partial charge in [-0.1, -0.05) is 15.9 Å². The highest BCUT2D eigenvalue weighted by Gasteiger charge is 2.13. The van der Waals surface area contributed by atoms with Crippen molar-refractivity contribution in [3.63, 3.8) is 0 Å². The maximum atomic E-state index is 13.1. The molecule has 1 heterocycles. The topological polar surface area (TPSA) is 68.0 Å². The molecule has 0 aliphatic rings. The van der Waals surface area contributed by atoms with Gasteiger partial charge in [0.05, 0.1) is 17.4 Å². The van der Waals surface area contributed by atoms with E-state index in [1.54, 1.807) is 12.1 Å². The number of carbonyl (C=O) groups is 1. The molecular weight excluding hydrogens is 381 g/mol. The van der Waals surface area contributed by atoms with Crippen molar-refractivity contribution in [3.8, 4) is 0 Å². The summed E-state index contributed by atoms with van der Waals surface area (Å²) in [5, 5.41) is 2.63. The lowest BCUT2D eigenvalue weighted by atomic mass is 10.2. The number of nitrogens with two attached hydrogens (primary N) is 1. The Bertz CT molecular complexity index is 649. The number of pyridine rings is 1. The van der Waals surface area contributed by atoms with E-state index in [1.165, 1.54) is 0 Å². The molecule has 0 fully saturated rings. The summed E-state index contributed by atoms with van der Waals surface area (Å²) in [5.74, 6) is -1.17. The Morgan fingerprint density at radius 2 is 2.05 bits per heavy atom. The van der Waals surface area contributed by atoms with E-state index in [4.69, 9.17) is 5.73 Å². The lowest BCUT2D eigenvalue weighted by Crippen LogP contribution is -2.15. The molecule has 3 N–H and O–H groups in total. The second-order valence-corrected chi connectivity index (χ2v) is 5.43. The molecule has 1 aromatic carbocycles. The number of nitrogen functional groups attached to an aromatic ring is 1. The molecule has 0 saturated carbocycles. The van der Waals surface area contributed by atoms with Crippen LogP contribution in [0.1, 0.15) is 10.4 Å². The van der Waals surface area contributed by atoms with Crippen LogP contribution >= 0.6 is 31.9 Å². The van der Waals surface area contributed by atoms with Crippen LogP contribution in [-0.4, -0.2) is 10.9 Å². The first kappa shape index (κ1) is 14.0. The molecule has 19 heavy (non-hydrogen) atoms. The second kappa shape index (κ2) is 5.66. The number of anilines is 2. The van der Waals surface area contributed by atoms with E-state index in [0.717, 1.165) is 16.7 Å². The van der Waals surface area contributed by atoms with Gasteiger partial charge in [-0.05, 0) is 40.2 Å². The summed E-state index contributed by atoms with van der Waals surface area (Å²) in [4.78, 5) is 15.6. The van der Waals surface area contributed by atoms with Gasteiger partial charge in [-0.3, -0.25) is 4.79 Å². The molecule has 0 radical (unpaired) electrons. The van der Waals surface area contributed by atoms with Crippen molar-refractivity contribution in [1.82, 2.24) is 4.98 Å². The zero-order valence-corrected chi connectivity index (χ0v) is 12.6. The molecule has 2 aromatic rings. The highest BCUT2D eigenvalue weighted by atomic mass is 79.9. The molecular formula is C12H8Br2FN3O. The highest BCUT2D eigenvalue weighted by molar-refractivity contribution is 9.11. The standard InChI is InChI=1S/C12H8Br2FN3O/c13-6-1-2-9(14)10(3-6)18-12(19)8-4-7(15)5-17-11(8)16/h1-5H,(H2,16,17)(H,18,19). The van der Waals surface area contributed by atoms with Crippen molar-refractivity contribution < 1.29 is 9.18 Å². The number of nitrogens with zero attached hydrogens (tertiary/aromatic N) is 1. The maximum Gasteiger partial charge on any atom is 0.259 e. The zero-order chi connectivity index (χ0) is 14.0. The fourth-order valence-electron chi connectivity index (χ4n) is 1.41. The highest BCUT2D eigenvalue weighted by Crippen LogP contribution is 2.27. The molecule has 1 aromatic heterocycles. The Labute approximate surface area is 125 Å². The molecule has 2 rings (SSSR count). The molecule has 7 heteroatoms. The smallest absolute Gasteiger partial charge is 0.259 e. The molecule has 0 unspecified atom stereocenters. The monoisotopic (exact) mass is 387 g/mol. The van der Waals surface area contributed by atoms with E-state index >= 15 is 0 Å². The van der Waals surface area contributed by atoms with Crippen molar-refractivity contribution in [2.45, 2.75) is 0 Å². The van der Waals surface area contributed by atoms with E-state index in [1.807, 2.05) is 6.07 Å². The number of carbonyl (C=O) groups excluding carboxylic acids is 1. The van der Waals surface area contributed by atoms with Gasteiger partial charge in [-0.15, -0.1) is 0 Å². The van der Waals surface area contributed by atoms with Gasteiger partial charge in [0.2, 0.25) is 0 Å². The van der Waals surface area contributed by atoms with Crippen molar-refractivity contribution in [2.24, 2.45) is 0 Å². The normalized spacial score (nSPS) is 10.3. The number of hydrogen-bond acceptors (Lipinski definition) is 3. The molecule has 4 nitrogen and oxygen atoms in total. The third-order valence-corrected chi connectivity index (χ3v) is 3.49. The van der Waals surface area contributed by atoms with Gasteiger partial charge in [0.25, 0.3) is 5.91 Å². The molecule has 0 aliphatic heterocycles. The predicted octanol–water partition coefficient (Wildman–Crippen LogP) is 3.58. The van der Waals surface area contributed by atoms with Crippen LogP contribution < -0.4 is 11.1 Å². The summed E-state index contributed by atoms with van der Waals surface area (Å²) < 4.78 is 14.6. The summed E-state index contributed by atoms with van der Waals surface area (Å²) >= 11 is 6.61. The number of amides is 1. The molecule has 0 spiro atoms. The summed E-state index contributed by atoms with van der Waals surface area (Å²) in [6, 6.07) is 6.35. The Hall–Kier alpha value is -1.47. The minimum Gasteiger partial charge on any atom is -0.383 e. The number of halogens is 3. The first-order valence-corrected chi connectivity index (χ1v) is 6.73. The number of aromatic nitrogens is 1. The number of benzene rings is 1.